The molecule has 0 spiro atoms. The van der Waals surface area contributed by atoms with Crippen molar-refractivity contribution in [2.45, 2.75) is 15.1 Å². The van der Waals surface area contributed by atoms with Gasteiger partial charge in [-0.1, -0.05) is 0 Å². The van der Waals surface area contributed by atoms with E-state index in [4.69, 9.17) is 0 Å². The normalized spacial score (nSPS) is 17.5. The second-order valence-electron chi connectivity index (χ2n) is 5.62. The average Bonchev–Trinajstić information content (AvgIpc) is 2.93. The number of pyridine rings is 1. The van der Waals surface area contributed by atoms with E-state index in [9.17, 15) is 8.42 Å². The van der Waals surface area contributed by atoms with Gasteiger partial charge >= 0.3 is 0 Å². The standard InChI is InChI=1S/C14H19N5O2S2/c1-17-7-9-19(10-8-17)23(20,21)12-3-4-13(16-11-12)22-14-15-5-6-18(14)2/h3-6,11H,7-10H2,1-2H3/p+1. The fourth-order valence-electron chi connectivity index (χ4n) is 2.38. The Morgan fingerprint density at radius 2 is 1.96 bits per heavy atom. The first-order valence-corrected chi connectivity index (χ1v) is 9.65. The summed E-state index contributed by atoms with van der Waals surface area (Å²) in [5, 5.41) is 1.54. The van der Waals surface area contributed by atoms with Crippen LogP contribution in [-0.2, 0) is 17.1 Å². The van der Waals surface area contributed by atoms with Crippen molar-refractivity contribution < 1.29 is 13.3 Å². The van der Waals surface area contributed by atoms with Gasteiger partial charge in [0.25, 0.3) is 0 Å². The minimum absolute atomic E-state index is 0.251. The number of sulfonamides is 1. The lowest BCUT2D eigenvalue weighted by atomic mass is 10.4. The van der Waals surface area contributed by atoms with Crippen LogP contribution in [0.3, 0.4) is 0 Å². The maximum atomic E-state index is 12.6. The van der Waals surface area contributed by atoms with Gasteiger partial charge in [0, 0.05) is 25.6 Å². The minimum Gasteiger partial charge on any atom is -0.335 e. The van der Waals surface area contributed by atoms with E-state index in [0.29, 0.717) is 13.1 Å². The molecule has 1 N–H and O–H groups in total. The number of nitrogens with zero attached hydrogens (tertiary/aromatic N) is 4. The molecule has 0 aliphatic carbocycles. The highest BCUT2D eigenvalue weighted by atomic mass is 32.2. The van der Waals surface area contributed by atoms with Crippen LogP contribution in [0.1, 0.15) is 0 Å². The zero-order valence-electron chi connectivity index (χ0n) is 13.1. The SMILES string of the molecule is Cn1ccnc1Sc1ccc(S(=O)(=O)N2CC[NH+](C)CC2)cn1. The number of likely N-dealkylation sites (N-methyl/N-ethyl adjacent to an activating group) is 1. The van der Waals surface area contributed by atoms with Gasteiger partial charge in [0.15, 0.2) is 5.16 Å². The predicted molar refractivity (Wildman–Crippen MR) is 86.9 cm³/mol. The number of aromatic nitrogens is 3. The molecule has 3 heterocycles. The first-order valence-electron chi connectivity index (χ1n) is 7.39. The lowest BCUT2D eigenvalue weighted by molar-refractivity contribution is -0.883. The van der Waals surface area contributed by atoms with Crippen LogP contribution in [0, 0.1) is 0 Å². The van der Waals surface area contributed by atoms with Crippen molar-refractivity contribution in [2.75, 3.05) is 33.2 Å². The van der Waals surface area contributed by atoms with Crippen LogP contribution in [0.15, 0.2) is 45.8 Å². The molecule has 1 aliphatic rings. The topological polar surface area (TPSA) is 72.5 Å². The number of hydrogen-bond donors (Lipinski definition) is 1. The molecule has 1 aliphatic heterocycles. The van der Waals surface area contributed by atoms with E-state index in [1.165, 1.54) is 22.9 Å². The Morgan fingerprint density at radius 3 is 2.52 bits per heavy atom. The lowest BCUT2D eigenvalue weighted by Gasteiger charge is -2.29. The molecular weight excluding hydrogens is 334 g/mol. The third-order valence-corrected chi connectivity index (χ3v) is 6.80. The molecule has 0 aromatic carbocycles. The van der Waals surface area contributed by atoms with Crippen LogP contribution >= 0.6 is 11.8 Å². The summed E-state index contributed by atoms with van der Waals surface area (Å²) in [6.45, 7) is 2.77. The van der Waals surface area contributed by atoms with Gasteiger partial charge in [-0.25, -0.2) is 18.4 Å². The quantitative estimate of drug-likeness (QED) is 0.800. The van der Waals surface area contributed by atoms with Crippen LogP contribution in [0.4, 0.5) is 0 Å². The van der Waals surface area contributed by atoms with Gasteiger partial charge in [0.2, 0.25) is 10.0 Å². The van der Waals surface area contributed by atoms with Gasteiger partial charge in [-0.15, -0.1) is 0 Å². The van der Waals surface area contributed by atoms with Gasteiger partial charge in [0.05, 0.1) is 33.2 Å². The van der Waals surface area contributed by atoms with E-state index in [2.05, 4.69) is 17.0 Å². The molecule has 3 rings (SSSR count). The molecule has 1 fully saturated rings. The number of aryl methyl sites for hydroxylation is 1. The van der Waals surface area contributed by atoms with Crippen molar-refractivity contribution in [1.29, 1.82) is 0 Å². The molecule has 2 aromatic rings. The average molecular weight is 354 g/mol. The molecule has 1 saturated heterocycles. The van der Waals surface area contributed by atoms with Crippen LogP contribution in [0.5, 0.6) is 0 Å². The van der Waals surface area contributed by atoms with E-state index in [1.54, 1.807) is 22.6 Å². The van der Waals surface area contributed by atoms with Crippen LogP contribution in [-0.4, -0.2) is 60.5 Å². The maximum absolute atomic E-state index is 12.6. The van der Waals surface area contributed by atoms with Crippen molar-refractivity contribution >= 4 is 21.8 Å². The molecule has 0 bridgehead atoms. The monoisotopic (exact) mass is 354 g/mol. The first-order chi connectivity index (χ1) is 11.0. The summed E-state index contributed by atoms with van der Waals surface area (Å²) in [4.78, 5) is 10.1. The summed E-state index contributed by atoms with van der Waals surface area (Å²) in [7, 11) is 0.540. The second kappa shape index (κ2) is 6.60. The highest BCUT2D eigenvalue weighted by Gasteiger charge is 2.29. The zero-order valence-corrected chi connectivity index (χ0v) is 14.8. The Morgan fingerprint density at radius 1 is 1.22 bits per heavy atom. The molecule has 7 nitrogen and oxygen atoms in total. The highest BCUT2D eigenvalue weighted by molar-refractivity contribution is 7.99. The Hall–Kier alpha value is -1.42. The number of piperazine rings is 1. The van der Waals surface area contributed by atoms with E-state index in [0.717, 1.165) is 23.3 Å². The van der Waals surface area contributed by atoms with Gasteiger partial charge in [-0.2, -0.15) is 4.31 Å². The Bertz CT molecular complexity index is 765. The summed E-state index contributed by atoms with van der Waals surface area (Å²) in [6.07, 6.45) is 5.01. The first kappa shape index (κ1) is 16.4. The highest BCUT2D eigenvalue weighted by Crippen LogP contribution is 2.25. The van der Waals surface area contributed by atoms with Gasteiger partial charge in [-0.05, 0) is 23.9 Å². The minimum atomic E-state index is -3.45. The zero-order chi connectivity index (χ0) is 16.4. The van der Waals surface area contributed by atoms with Crippen molar-refractivity contribution in [1.82, 2.24) is 18.8 Å². The molecule has 0 amide bonds. The molecule has 0 saturated carbocycles. The molecule has 0 unspecified atom stereocenters. The van der Waals surface area contributed by atoms with Gasteiger partial charge in [-0.3, -0.25) is 0 Å². The number of imidazole rings is 1. The third kappa shape index (κ3) is 3.57. The smallest absolute Gasteiger partial charge is 0.245 e. The predicted octanol–water partition coefficient (Wildman–Crippen LogP) is -0.515. The van der Waals surface area contributed by atoms with Crippen LogP contribution in [0.2, 0.25) is 0 Å². The number of hydrogen-bond acceptors (Lipinski definition) is 5. The van der Waals surface area contributed by atoms with E-state index < -0.39 is 10.0 Å². The molecule has 0 radical (unpaired) electrons. The third-order valence-electron chi connectivity index (χ3n) is 3.90. The second-order valence-corrected chi connectivity index (χ2v) is 8.54. The van der Waals surface area contributed by atoms with Crippen LogP contribution in [0.25, 0.3) is 0 Å². The number of nitrogens with one attached hydrogen (secondary N) is 1. The largest absolute Gasteiger partial charge is 0.335 e. The fraction of sp³-hybridized carbons (Fsp3) is 0.429. The number of rotatable bonds is 4. The lowest BCUT2D eigenvalue weighted by Crippen LogP contribution is -3.12. The summed E-state index contributed by atoms with van der Waals surface area (Å²) < 4.78 is 28.7. The molecule has 0 atom stereocenters. The Kier molecular flexibility index (Phi) is 4.72. The fourth-order valence-corrected chi connectivity index (χ4v) is 4.52. The van der Waals surface area contributed by atoms with E-state index in [-0.39, 0.29) is 4.90 Å². The Balaban J connectivity index is 1.75. The van der Waals surface area contributed by atoms with Crippen molar-refractivity contribution in [3.63, 3.8) is 0 Å². The Labute approximate surface area is 140 Å². The van der Waals surface area contributed by atoms with Crippen molar-refractivity contribution in [2.24, 2.45) is 7.05 Å². The summed E-state index contributed by atoms with van der Waals surface area (Å²) in [6, 6.07) is 3.35. The van der Waals surface area contributed by atoms with Crippen molar-refractivity contribution in [3.05, 3.63) is 30.7 Å². The van der Waals surface area contributed by atoms with Gasteiger partial charge in [0.1, 0.15) is 9.92 Å². The van der Waals surface area contributed by atoms with Crippen LogP contribution < -0.4 is 4.90 Å². The van der Waals surface area contributed by atoms with Gasteiger partial charge < -0.3 is 9.47 Å². The molecule has 2 aromatic heterocycles. The summed E-state index contributed by atoms with van der Waals surface area (Å²) in [5.41, 5.74) is 0. The maximum Gasteiger partial charge on any atom is 0.245 e. The molecule has 23 heavy (non-hydrogen) atoms. The molecule has 9 heteroatoms. The van der Waals surface area contributed by atoms with Crippen molar-refractivity contribution in [3.8, 4) is 0 Å². The molecule has 124 valence electrons. The summed E-state index contributed by atoms with van der Waals surface area (Å²) in [5.74, 6) is 0. The van der Waals surface area contributed by atoms with E-state index in [1.807, 2.05) is 17.8 Å². The number of quaternary nitrogens is 1. The molecular formula is C14H20N5O2S2+. The van der Waals surface area contributed by atoms with E-state index >= 15 is 0 Å². The summed E-state index contributed by atoms with van der Waals surface area (Å²) >= 11 is 1.41.